The molecule has 0 aromatic rings. The van der Waals surface area contributed by atoms with Crippen LogP contribution >= 0.6 is 0 Å². The zero-order chi connectivity index (χ0) is 6.69. The van der Waals surface area contributed by atoms with E-state index in [-0.39, 0.29) is 0 Å². The fourth-order valence-corrected chi connectivity index (χ4v) is 1.35. The largest absolute Gasteiger partial charge is 0.330 e. The van der Waals surface area contributed by atoms with E-state index in [0.29, 0.717) is 0 Å². The van der Waals surface area contributed by atoms with Crippen LogP contribution in [0.15, 0.2) is 0 Å². The first-order valence-electron chi connectivity index (χ1n) is 4.04. The van der Waals surface area contributed by atoms with Gasteiger partial charge in [-0.05, 0) is 31.2 Å². The molecule has 0 heterocycles. The van der Waals surface area contributed by atoms with E-state index in [1.54, 1.807) is 0 Å². The number of hydrogen-bond acceptors (Lipinski definition) is 1. The Morgan fingerprint density at radius 1 is 1.44 bits per heavy atom. The summed E-state index contributed by atoms with van der Waals surface area (Å²) < 4.78 is 0. The molecule has 0 aromatic heterocycles. The number of nitrogens with two attached hydrogens (primary N) is 1. The quantitative estimate of drug-likeness (QED) is 0.572. The number of hydrogen-bond donors (Lipinski definition) is 1. The summed E-state index contributed by atoms with van der Waals surface area (Å²) in [5.74, 6) is 2.10. The van der Waals surface area contributed by atoms with Crippen LogP contribution in [0.3, 0.4) is 0 Å². The maximum Gasteiger partial charge on any atom is -0.00773 e. The molecule has 1 aliphatic carbocycles. The molecule has 2 N–H and O–H groups in total. The normalized spacial score (nSPS) is 32.7. The van der Waals surface area contributed by atoms with E-state index in [0.717, 1.165) is 18.4 Å². The van der Waals surface area contributed by atoms with Crippen LogP contribution in [-0.2, 0) is 0 Å². The first-order valence-corrected chi connectivity index (χ1v) is 4.04. The molecule has 0 spiro atoms. The van der Waals surface area contributed by atoms with Crippen LogP contribution in [0, 0.1) is 11.8 Å². The lowest BCUT2D eigenvalue weighted by atomic mass is 10.1. The van der Waals surface area contributed by atoms with Crippen LogP contribution in [0.4, 0.5) is 0 Å². The molecule has 1 heteroatoms. The van der Waals surface area contributed by atoms with E-state index in [9.17, 15) is 0 Å². The Bertz CT molecular complexity index is 80.6. The average Bonchev–Trinajstić information content (AvgIpc) is 2.48. The van der Waals surface area contributed by atoms with E-state index in [4.69, 9.17) is 5.73 Å². The van der Waals surface area contributed by atoms with Crippen molar-refractivity contribution in [3.8, 4) is 0 Å². The third-order valence-electron chi connectivity index (χ3n) is 2.31. The molecule has 1 rings (SSSR count). The molecule has 0 bridgehead atoms. The van der Waals surface area contributed by atoms with Crippen LogP contribution in [0.5, 0.6) is 0 Å². The second-order valence-corrected chi connectivity index (χ2v) is 3.26. The first kappa shape index (κ1) is 7.07. The minimum atomic E-state index is 0.876. The standard InChI is InChI=1S/C8H17N/c1-7-6-8(7)4-2-3-5-9/h7-8H,2-6,9H2,1H3. The van der Waals surface area contributed by atoms with Crippen molar-refractivity contribution in [2.24, 2.45) is 17.6 Å². The van der Waals surface area contributed by atoms with Crippen LogP contribution in [-0.4, -0.2) is 6.54 Å². The maximum absolute atomic E-state index is 5.37. The fraction of sp³-hybridized carbons (Fsp3) is 1.00. The van der Waals surface area contributed by atoms with Gasteiger partial charge in [0.2, 0.25) is 0 Å². The lowest BCUT2D eigenvalue weighted by Gasteiger charge is -1.94. The highest BCUT2D eigenvalue weighted by molar-refractivity contribution is 4.81. The summed E-state index contributed by atoms with van der Waals surface area (Å²) in [5.41, 5.74) is 5.37. The van der Waals surface area contributed by atoms with E-state index < -0.39 is 0 Å². The Morgan fingerprint density at radius 3 is 2.56 bits per heavy atom. The minimum Gasteiger partial charge on any atom is -0.330 e. The molecule has 0 radical (unpaired) electrons. The summed E-state index contributed by atoms with van der Waals surface area (Å²) >= 11 is 0. The highest BCUT2D eigenvalue weighted by atomic mass is 14.5. The van der Waals surface area contributed by atoms with Crippen LogP contribution in [0.25, 0.3) is 0 Å². The van der Waals surface area contributed by atoms with Gasteiger partial charge in [-0.15, -0.1) is 0 Å². The summed E-state index contributed by atoms with van der Waals surface area (Å²) in [6, 6.07) is 0. The Kier molecular flexibility index (Phi) is 2.52. The van der Waals surface area contributed by atoms with Gasteiger partial charge >= 0.3 is 0 Å². The van der Waals surface area contributed by atoms with E-state index in [2.05, 4.69) is 6.92 Å². The second kappa shape index (κ2) is 3.21. The van der Waals surface area contributed by atoms with Crippen molar-refractivity contribution < 1.29 is 0 Å². The predicted molar refractivity (Wildman–Crippen MR) is 40.2 cm³/mol. The summed E-state index contributed by atoms with van der Waals surface area (Å²) in [5, 5.41) is 0. The number of rotatable bonds is 4. The van der Waals surface area contributed by atoms with Crippen molar-refractivity contribution in [3.05, 3.63) is 0 Å². The van der Waals surface area contributed by atoms with Crippen LogP contribution < -0.4 is 5.73 Å². The fourth-order valence-electron chi connectivity index (χ4n) is 1.35. The van der Waals surface area contributed by atoms with Crippen LogP contribution in [0.1, 0.15) is 32.6 Å². The first-order chi connectivity index (χ1) is 4.34. The lowest BCUT2D eigenvalue weighted by molar-refractivity contribution is 0.606. The molecule has 0 aromatic carbocycles. The smallest absolute Gasteiger partial charge is 0.00773 e. The average molecular weight is 127 g/mol. The Labute approximate surface area is 57.6 Å². The highest BCUT2D eigenvalue weighted by Gasteiger charge is 2.30. The molecule has 1 nitrogen and oxygen atoms in total. The Hall–Kier alpha value is -0.0400. The lowest BCUT2D eigenvalue weighted by Crippen LogP contribution is -1.97. The molecule has 1 saturated carbocycles. The molecule has 9 heavy (non-hydrogen) atoms. The van der Waals surface area contributed by atoms with E-state index >= 15 is 0 Å². The Balaban J connectivity index is 1.83. The van der Waals surface area contributed by atoms with Crippen molar-refractivity contribution in [1.29, 1.82) is 0 Å². The van der Waals surface area contributed by atoms with E-state index in [1.165, 1.54) is 25.7 Å². The van der Waals surface area contributed by atoms with Gasteiger partial charge in [-0.25, -0.2) is 0 Å². The van der Waals surface area contributed by atoms with Crippen molar-refractivity contribution in [2.45, 2.75) is 32.6 Å². The predicted octanol–water partition coefficient (Wildman–Crippen LogP) is 1.77. The van der Waals surface area contributed by atoms with Crippen molar-refractivity contribution in [2.75, 3.05) is 6.54 Å². The monoisotopic (exact) mass is 127 g/mol. The zero-order valence-electron chi connectivity index (χ0n) is 6.27. The summed E-state index contributed by atoms with van der Waals surface area (Å²) in [6.07, 6.45) is 5.48. The van der Waals surface area contributed by atoms with E-state index in [1.807, 2.05) is 0 Å². The van der Waals surface area contributed by atoms with Gasteiger partial charge in [-0.1, -0.05) is 19.8 Å². The van der Waals surface area contributed by atoms with Gasteiger partial charge in [-0.2, -0.15) is 0 Å². The SMILES string of the molecule is CC1CC1CCCCN. The molecule has 1 fully saturated rings. The maximum atomic E-state index is 5.37. The molecule has 54 valence electrons. The molecule has 2 unspecified atom stereocenters. The third kappa shape index (κ3) is 2.35. The summed E-state index contributed by atoms with van der Waals surface area (Å²) in [7, 11) is 0. The molecule has 0 saturated heterocycles. The van der Waals surface area contributed by atoms with Gasteiger partial charge in [0.15, 0.2) is 0 Å². The third-order valence-corrected chi connectivity index (χ3v) is 2.31. The van der Waals surface area contributed by atoms with Gasteiger partial charge in [0.25, 0.3) is 0 Å². The topological polar surface area (TPSA) is 26.0 Å². The van der Waals surface area contributed by atoms with Gasteiger partial charge < -0.3 is 5.73 Å². The molecule has 0 amide bonds. The Morgan fingerprint density at radius 2 is 2.11 bits per heavy atom. The van der Waals surface area contributed by atoms with Gasteiger partial charge in [0.05, 0.1) is 0 Å². The molecule has 0 aliphatic heterocycles. The van der Waals surface area contributed by atoms with Crippen molar-refractivity contribution >= 4 is 0 Å². The van der Waals surface area contributed by atoms with Crippen molar-refractivity contribution in [3.63, 3.8) is 0 Å². The molecule has 1 aliphatic rings. The molecular weight excluding hydrogens is 110 g/mol. The summed E-state index contributed by atoms with van der Waals surface area (Å²) in [6.45, 7) is 3.22. The van der Waals surface area contributed by atoms with Crippen LogP contribution in [0.2, 0.25) is 0 Å². The zero-order valence-corrected chi connectivity index (χ0v) is 6.27. The van der Waals surface area contributed by atoms with Gasteiger partial charge in [-0.3, -0.25) is 0 Å². The molecule has 2 atom stereocenters. The van der Waals surface area contributed by atoms with Gasteiger partial charge in [0.1, 0.15) is 0 Å². The second-order valence-electron chi connectivity index (χ2n) is 3.26. The number of unbranched alkanes of at least 4 members (excludes halogenated alkanes) is 1. The molecular formula is C8H17N. The highest BCUT2D eigenvalue weighted by Crippen LogP contribution is 2.41. The van der Waals surface area contributed by atoms with Gasteiger partial charge in [0, 0.05) is 0 Å². The van der Waals surface area contributed by atoms with Crippen molar-refractivity contribution in [1.82, 2.24) is 0 Å². The minimum absolute atomic E-state index is 0.876. The summed E-state index contributed by atoms with van der Waals surface area (Å²) in [4.78, 5) is 0.